The third-order valence-electron chi connectivity index (χ3n) is 5.07. The third kappa shape index (κ3) is 4.30. The largest absolute Gasteiger partial charge is 0.465 e. The number of nitrogens with zero attached hydrogens (tertiary/aromatic N) is 2. The van der Waals surface area contributed by atoms with Crippen LogP contribution in [0.4, 0.5) is 4.79 Å². The fraction of sp³-hybridized carbons (Fsp3) is 0.500. The monoisotopic (exact) mass is 413 g/mol. The summed E-state index contributed by atoms with van der Waals surface area (Å²) in [6.07, 6.45) is 1.35. The van der Waals surface area contributed by atoms with Gasteiger partial charge >= 0.3 is 6.09 Å². The molecule has 2 aliphatic heterocycles. The topological polar surface area (TPSA) is 90.0 Å². The number of carboxylic acid groups (broad SMARTS) is 1. The summed E-state index contributed by atoms with van der Waals surface area (Å²) in [4.78, 5) is 39.5. The van der Waals surface area contributed by atoms with E-state index in [4.69, 9.17) is 23.2 Å². The molecular weight excluding hydrogens is 393 g/mol. The van der Waals surface area contributed by atoms with E-state index in [1.807, 2.05) is 0 Å². The maximum absolute atomic E-state index is 12.8. The number of likely N-dealkylation sites (tertiary alicyclic amines) is 2. The molecule has 0 radical (unpaired) electrons. The van der Waals surface area contributed by atoms with Crippen molar-refractivity contribution in [2.24, 2.45) is 0 Å². The first kappa shape index (κ1) is 19.8. The van der Waals surface area contributed by atoms with Crippen molar-refractivity contribution in [3.05, 3.63) is 33.8 Å². The van der Waals surface area contributed by atoms with Gasteiger partial charge in [0.25, 0.3) is 0 Å². The minimum absolute atomic E-state index is 0.244. The van der Waals surface area contributed by atoms with Crippen LogP contribution in [0.25, 0.3) is 0 Å². The molecule has 9 heteroatoms. The van der Waals surface area contributed by atoms with E-state index in [9.17, 15) is 19.5 Å². The molecule has 1 aromatic rings. The van der Waals surface area contributed by atoms with Crippen molar-refractivity contribution in [1.29, 1.82) is 0 Å². The Morgan fingerprint density at radius 2 is 1.70 bits per heavy atom. The van der Waals surface area contributed by atoms with Crippen molar-refractivity contribution >= 4 is 41.1 Å². The molecule has 0 saturated carbocycles. The van der Waals surface area contributed by atoms with Crippen molar-refractivity contribution < 1.29 is 19.5 Å². The van der Waals surface area contributed by atoms with E-state index in [2.05, 4.69) is 5.32 Å². The van der Waals surface area contributed by atoms with E-state index < -0.39 is 18.2 Å². The van der Waals surface area contributed by atoms with Crippen molar-refractivity contribution in [2.75, 3.05) is 13.1 Å². The molecule has 2 heterocycles. The predicted octanol–water partition coefficient (Wildman–Crippen LogP) is 2.74. The molecule has 1 aromatic carbocycles. The number of rotatable bonds is 4. The van der Waals surface area contributed by atoms with Crippen LogP contribution in [0.1, 0.15) is 31.2 Å². The SMILES string of the molecule is O=C(NCc1ccc(Cl)c(Cl)c1)[C@@H]1CCCN1C(=O)C1CCCN1C(=O)O. The molecule has 2 fully saturated rings. The van der Waals surface area contributed by atoms with Crippen LogP contribution < -0.4 is 5.32 Å². The number of hydrogen-bond acceptors (Lipinski definition) is 3. The summed E-state index contributed by atoms with van der Waals surface area (Å²) in [5.41, 5.74) is 0.807. The van der Waals surface area contributed by atoms with Crippen LogP contribution in [-0.4, -0.2) is 58.0 Å². The van der Waals surface area contributed by atoms with Gasteiger partial charge in [0, 0.05) is 19.6 Å². The Hall–Kier alpha value is -1.99. The van der Waals surface area contributed by atoms with Crippen LogP contribution in [0.15, 0.2) is 18.2 Å². The molecule has 2 atom stereocenters. The molecule has 2 saturated heterocycles. The van der Waals surface area contributed by atoms with E-state index in [1.54, 1.807) is 18.2 Å². The van der Waals surface area contributed by atoms with Gasteiger partial charge in [-0.05, 0) is 43.4 Å². The second-order valence-electron chi connectivity index (χ2n) is 6.79. The van der Waals surface area contributed by atoms with Gasteiger partial charge in [0.2, 0.25) is 11.8 Å². The van der Waals surface area contributed by atoms with E-state index in [1.165, 1.54) is 9.80 Å². The molecule has 0 bridgehead atoms. The first-order valence-electron chi connectivity index (χ1n) is 8.90. The fourth-order valence-corrected chi connectivity index (χ4v) is 4.02. The molecular formula is C18H21Cl2N3O4. The van der Waals surface area contributed by atoms with Crippen LogP contribution >= 0.6 is 23.2 Å². The van der Waals surface area contributed by atoms with Crippen LogP contribution in [0.3, 0.4) is 0 Å². The minimum atomic E-state index is -1.09. The van der Waals surface area contributed by atoms with Gasteiger partial charge in [-0.15, -0.1) is 0 Å². The number of amides is 3. The normalized spacial score (nSPS) is 22.1. The summed E-state index contributed by atoms with van der Waals surface area (Å²) in [6.45, 7) is 1.10. The lowest BCUT2D eigenvalue weighted by molar-refractivity contribution is -0.141. The zero-order valence-corrected chi connectivity index (χ0v) is 16.2. The van der Waals surface area contributed by atoms with Crippen molar-refractivity contribution in [3.8, 4) is 0 Å². The molecule has 7 nitrogen and oxygen atoms in total. The van der Waals surface area contributed by atoms with Gasteiger partial charge in [-0.3, -0.25) is 14.5 Å². The van der Waals surface area contributed by atoms with Gasteiger partial charge in [0.1, 0.15) is 12.1 Å². The van der Waals surface area contributed by atoms with Gasteiger partial charge in [-0.1, -0.05) is 29.3 Å². The molecule has 0 spiro atoms. The summed E-state index contributed by atoms with van der Waals surface area (Å²) in [5, 5.41) is 12.9. The number of nitrogens with one attached hydrogen (secondary N) is 1. The molecule has 0 aromatic heterocycles. The Bertz CT molecular complexity index is 758. The summed E-state index contributed by atoms with van der Waals surface area (Å²) in [7, 11) is 0. The number of benzene rings is 1. The van der Waals surface area contributed by atoms with E-state index in [-0.39, 0.29) is 18.4 Å². The Morgan fingerprint density at radius 1 is 1.04 bits per heavy atom. The molecule has 2 aliphatic rings. The van der Waals surface area contributed by atoms with Gasteiger partial charge in [0.15, 0.2) is 0 Å². The van der Waals surface area contributed by atoms with Crippen molar-refractivity contribution in [2.45, 2.75) is 44.3 Å². The van der Waals surface area contributed by atoms with Crippen LogP contribution in [0, 0.1) is 0 Å². The Morgan fingerprint density at radius 3 is 2.37 bits per heavy atom. The Labute approximate surface area is 167 Å². The maximum atomic E-state index is 12.8. The fourth-order valence-electron chi connectivity index (χ4n) is 3.70. The standard InChI is InChI=1S/C18H21Cl2N3O4/c19-12-6-5-11(9-13(12)20)10-21-16(24)14-3-1-7-22(14)17(25)15-4-2-8-23(15)18(26)27/h5-6,9,14-15H,1-4,7-8,10H2,(H,21,24)(H,26,27)/t14-,15?/m0/s1. The number of carbonyl (C=O) groups excluding carboxylic acids is 2. The Balaban J connectivity index is 1.63. The summed E-state index contributed by atoms with van der Waals surface area (Å²) < 4.78 is 0. The van der Waals surface area contributed by atoms with Crippen LogP contribution in [0.2, 0.25) is 10.0 Å². The highest BCUT2D eigenvalue weighted by Gasteiger charge is 2.42. The molecule has 2 N–H and O–H groups in total. The smallest absolute Gasteiger partial charge is 0.407 e. The van der Waals surface area contributed by atoms with E-state index in [0.29, 0.717) is 42.4 Å². The summed E-state index contributed by atoms with van der Waals surface area (Å²) in [5.74, 6) is -0.520. The van der Waals surface area contributed by atoms with Crippen LogP contribution in [-0.2, 0) is 16.1 Å². The van der Waals surface area contributed by atoms with Crippen molar-refractivity contribution in [3.63, 3.8) is 0 Å². The number of halogens is 2. The van der Waals surface area contributed by atoms with Gasteiger partial charge in [-0.2, -0.15) is 0 Å². The summed E-state index contributed by atoms with van der Waals surface area (Å²) >= 11 is 11.9. The number of carbonyl (C=O) groups is 3. The van der Waals surface area contributed by atoms with E-state index in [0.717, 1.165) is 12.0 Å². The first-order chi connectivity index (χ1) is 12.9. The third-order valence-corrected chi connectivity index (χ3v) is 5.81. The second kappa shape index (κ2) is 8.35. The zero-order valence-electron chi connectivity index (χ0n) is 14.7. The minimum Gasteiger partial charge on any atom is -0.465 e. The highest BCUT2D eigenvalue weighted by atomic mass is 35.5. The van der Waals surface area contributed by atoms with Crippen LogP contribution in [0.5, 0.6) is 0 Å². The molecule has 27 heavy (non-hydrogen) atoms. The lowest BCUT2D eigenvalue weighted by Crippen LogP contribution is -2.52. The van der Waals surface area contributed by atoms with Gasteiger partial charge in [0.05, 0.1) is 10.0 Å². The molecule has 1 unspecified atom stereocenters. The quantitative estimate of drug-likeness (QED) is 0.793. The highest BCUT2D eigenvalue weighted by molar-refractivity contribution is 6.42. The molecule has 3 rings (SSSR count). The highest BCUT2D eigenvalue weighted by Crippen LogP contribution is 2.25. The predicted molar refractivity (Wildman–Crippen MR) is 101 cm³/mol. The average molecular weight is 414 g/mol. The number of hydrogen-bond donors (Lipinski definition) is 2. The maximum Gasteiger partial charge on any atom is 0.407 e. The van der Waals surface area contributed by atoms with E-state index >= 15 is 0 Å². The van der Waals surface area contributed by atoms with Crippen molar-refractivity contribution in [1.82, 2.24) is 15.1 Å². The van der Waals surface area contributed by atoms with Gasteiger partial charge in [-0.25, -0.2) is 4.79 Å². The van der Waals surface area contributed by atoms with Gasteiger partial charge < -0.3 is 15.3 Å². The Kier molecular flexibility index (Phi) is 6.11. The molecule has 3 amide bonds. The first-order valence-corrected chi connectivity index (χ1v) is 9.65. The average Bonchev–Trinajstić information content (AvgIpc) is 3.31. The lowest BCUT2D eigenvalue weighted by Gasteiger charge is -2.29. The summed E-state index contributed by atoms with van der Waals surface area (Å²) in [6, 6.07) is 3.86. The molecule has 0 aliphatic carbocycles. The zero-order chi connectivity index (χ0) is 19.6. The second-order valence-corrected chi connectivity index (χ2v) is 7.60. The molecule has 146 valence electrons. The lowest BCUT2D eigenvalue weighted by atomic mass is 10.1.